The van der Waals surface area contributed by atoms with Crippen molar-refractivity contribution in [2.45, 2.75) is 26.8 Å². The van der Waals surface area contributed by atoms with E-state index in [1.807, 2.05) is 29.2 Å². The minimum Gasteiger partial charge on any atom is -0.369 e. The summed E-state index contributed by atoms with van der Waals surface area (Å²) >= 11 is 0. The van der Waals surface area contributed by atoms with E-state index in [1.165, 1.54) is 0 Å². The van der Waals surface area contributed by atoms with Crippen molar-refractivity contribution < 1.29 is 9.59 Å². The summed E-state index contributed by atoms with van der Waals surface area (Å²) in [5.41, 5.74) is 1.92. The molecule has 0 atom stereocenters. The summed E-state index contributed by atoms with van der Waals surface area (Å²) in [6.45, 7) is 9.22. The van der Waals surface area contributed by atoms with E-state index < -0.39 is 0 Å². The molecule has 6 nitrogen and oxygen atoms in total. The van der Waals surface area contributed by atoms with E-state index in [9.17, 15) is 9.59 Å². The van der Waals surface area contributed by atoms with E-state index in [0.29, 0.717) is 19.1 Å². The van der Waals surface area contributed by atoms with Gasteiger partial charge in [0.05, 0.1) is 13.1 Å². The van der Waals surface area contributed by atoms with Crippen molar-refractivity contribution in [2.24, 2.45) is 0 Å². The zero-order chi connectivity index (χ0) is 16.8. The predicted molar refractivity (Wildman–Crippen MR) is 92.7 cm³/mol. The third-order valence-electron chi connectivity index (χ3n) is 3.93. The van der Waals surface area contributed by atoms with Gasteiger partial charge in [-0.3, -0.25) is 14.5 Å². The summed E-state index contributed by atoms with van der Waals surface area (Å²) in [6, 6.07) is 8.31. The normalized spacial score (nSPS) is 15.4. The third-order valence-corrected chi connectivity index (χ3v) is 3.93. The molecular weight excluding hydrogens is 292 g/mol. The molecule has 1 aromatic rings. The number of hydrogen-bond donors (Lipinski definition) is 2. The van der Waals surface area contributed by atoms with Gasteiger partial charge >= 0.3 is 0 Å². The first-order chi connectivity index (χ1) is 11.0. The molecular formula is C17H26N4O2. The topological polar surface area (TPSA) is 64.7 Å². The predicted octanol–water partition coefficient (Wildman–Crippen LogP) is 1.29. The van der Waals surface area contributed by atoms with Crippen LogP contribution >= 0.6 is 0 Å². The van der Waals surface area contributed by atoms with Crippen molar-refractivity contribution >= 4 is 23.2 Å². The minimum absolute atomic E-state index is 0.0262. The lowest BCUT2D eigenvalue weighted by molar-refractivity contribution is -0.125. The molecule has 0 unspecified atom stereocenters. The van der Waals surface area contributed by atoms with Gasteiger partial charge in [-0.25, -0.2) is 0 Å². The Bertz CT molecular complexity index is 542. The van der Waals surface area contributed by atoms with Gasteiger partial charge in [0, 0.05) is 37.1 Å². The summed E-state index contributed by atoms with van der Waals surface area (Å²) in [4.78, 5) is 27.5. The highest BCUT2D eigenvalue weighted by Gasteiger charge is 2.18. The molecule has 1 heterocycles. The smallest absolute Gasteiger partial charge is 0.238 e. The van der Waals surface area contributed by atoms with Crippen molar-refractivity contribution in [1.82, 2.24) is 10.2 Å². The maximum Gasteiger partial charge on any atom is 0.238 e. The molecule has 2 N–H and O–H groups in total. The maximum atomic E-state index is 12.1. The first kappa shape index (κ1) is 17.3. The Morgan fingerprint density at radius 1 is 1.35 bits per heavy atom. The summed E-state index contributed by atoms with van der Waals surface area (Å²) < 4.78 is 0. The molecule has 0 bridgehead atoms. The molecule has 1 fully saturated rings. The molecule has 1 aromatic carbocycles. The van der Waals surface area contributed by atoms with Crippen LogP contribution in [0.2, 0.25) is 0 Å². The number of carbonyl (C=O) groups excluding carboxylic acids is 2. The Kier molecular flexibility index (Phi) is 5.98. The highest BCUT2D eigenvalue weighted by Crippen LogP contribution is 2.19. The SMILES string of the molecule is CCN(c1ccc(NC(=O)CN2CCNC(=O)C2)cc1)C(C)C. The molecule has 0 spiro atoms. The van der Waals surface area contributed by atoms with E-state index in [0.717, 1.165) is 17.9 Å². The zero-order valence-electron chi connectivity index (χ0n) is 14.1. The Labute approximate surface area is 137 Å². The van der Waals surface area contributed by atoms with Crippen LogP contribution in [0.1, 0.15) is 20.8 Å². The number of amides is 2. The van der Waals surface area contributed by atoms with Crippen molar-refractivity contribution in [2.75, 3.05) is 42.9 Å². The average molecular weight is 318 g/mol. The molecule has 0 aromatic heterocycles. The van der Waals surface area contributed by atoms with Crippen LogP contribution in [0.5, 0.6) is 0 Å². The van der Waals surface area contributed by atoms with E-state index in [2.05, 4.69) is 36.3 Å². The van der Waals surface area contributed by atoms with E-state index in [-0.39, 0.29) is 24.9 Å². The minimum atomic E-state index is -0.0938. The number of rotatable bonds is 6. The summed E-state index contributed by atoms with van der Waals surface area (Å²) in [6.07, 6.45) is 0. The molecule has 126 valence electrons. The lowest BCUT2D eigenvalue weighted by atomic mass is 10.2. The largest absolute Gasteiger partial charge is 0.369 e. The van der Waals surface area contributed by atoms with Crippen LogP contribution < -0.4 is 15.5 Å². The number of carbonyl (C=O) groups is 2. The van der Waals surface area contributed by atoms with Gasteiger partial charge in [0.1, 0.15) is 0 Å². The van der Waals surface area contributed by atoms with Crippen molar-refractivity contribution in [3.8, 4) is 0 Å². The summed E-state index contributed by atoms with van der Waals surface area (Å²) in [7, 11) is 0. The van der Waals surface area contributed by atoms with Gasteiger partial charge in [-0.2, -0.15) is 0 Å². The second-order valence-electron chi connectivity index (χ2n) is 6.04. The Morgan fingerprint density at radius 3 is 2.61 bits per heavy atom. The lowest BCUT2D eigenvalue weighted by Gasteiger charge is -2.27. The van der Waals surface area contributed by atoms with E-state index >= 15 is 0 Å². The molecule has 2 rings (SSSR count). The van der Waals surface area contributed by atoms with Crippen LogP contribution in [-0.4, -0.2) is 55.5 Å². The fourth-order valence-electron chi connectivity index (χ4n) is 2.81. The molecule has 23 heavy (non-hydrogen) atoms. The third kappa shape index (κ3) is 4.96. The van der Waals surface area contributed by atoms with Gasteiger partial charge in [-0.1, -0.05) is 0 Å². The van der Waals surface area contributed by atoms with Crippen LogP contribution in [0.3, 0.4) is 0 Å². The standard InChI is InChI=1S/C17H26N4O2/c1-4-21(13(2)3)15-7-5-14(6-8-15)19-17(23)12-20-10-9-18-16(22)11-20/h5-8,13H,4,9-12H2,1-3H3,(H,18,22)(H,19,23). The van der Waals surface area contributed by atoms with Gasteiger partial charge in [0.15, 0.2) is 0 Å². The molecule has 0 saturated carbocycles. The summed E-state index contributed by atoms with van der Waals surface area (Å²) in [5.74, 6) is -0.120. The maximum absolute atomic E-state index is 12.1. The number of piperazine rings is 1. The van der Waals surface area contributed by atoms with Crippen LogP contribution in [0.25, 0.3) is 0 Å². The number of nitrogens with one attached hydrogen (secondary N) is 2. The quantitative estimate of drug-likeness (QED) is 0.830. The van der Waals surface area contributed by atoms with Crippen molar-refractivity contribution in [3.05, 3.63) is 24.3 Å². The molecule has 1 aliphatic rings. The second-order valence-corrected chi connectivity index (χ2v) is 6.04. The van der Waals surface area contributed by atoms with Crippen LogP contribution in [-0.2, 0) is 9.59 Å². The van der Waals surface area contributed by atoms with Gasteiger partial charge < -0.3 is 15.5 Å². The van der Waals surface area contributed by atoms with Gasteiger partial charge in [0.25, 0.3) is 0 Å². The fourth-order valence-corrected chi connectivity index (χ4v) is 2.81. The molecule has 2 amide bonds. The van der Waals surface area contributed by atoms with Crippen LogP contribution in [0.4, 0.5) is 11.4 Å². The second kappa shape index (κ2) is 7.97. The number of nitrogens with zero attached hydrogens (tertiary/aromatic N) is 2. The lowest BCUT2D eigenvalue weighted by Crippen LogP contribution is -2.49. The first-order valence-electron chi connectivity index (χ1n) is 8.15. The van der Waals surface area contributed by atoms with Crippen molar-refractivity contribution in [1.29, 1.82) is 0 Å². The Balaban J connectivity index is 1.90. The summed E-state index contributed by atoms with van der Waals surface area (Å²) in [5, 5.41) is 5.64. The van der Waals surface area contributed by atoms with Gasteiger partial charge in [-0.15, -0.1) is 0 Å². The molecule has 0 aliphatic carbocycles. The van der Waals surface area contributed by atoms with Gasteiger partial charge in [0.2, 0.25) is 11.8 Å². The molecule has 6 heteroatoms. The van der Waals surface area contributed by atoms with Gasteiger partial charge in [-0.05, 0) is 45.0 Å². The molecule has 1 aliphatic heterocycles. The Morgan fingerprint density at radius 2 is 2.04 bits per heavy atom. The molecule has 1 saturated heterocycles. The highest BCUT2D eigenvalue weighted by molar-refractivity contribution is 5.93. The van der Waals surface area contributed by atoms with Crippen molar-refractivity contribution in [3.63, 3.8) is 0 Å². The van der Waals surface area contributed by atoms with E-state index in [4.69, 9.17) is 0 Å². The zero-order valence-corrected chi connectivity index (χ0v) is 14.1. The Hall–Kier alpha value is -2.08. The highest BCUT2D eigenvalue weighted by atomic mass is 16.2. The number of hydrogen-bond acceptors (Lipinski definition) is 4. The number of benzene rings is 1. The average Bonchev–Trinajstić information content (AvgIpc) is 2.49. The van der Waals surface area contributed by atoms with Crippen LogP contribution in [0.15, 0.2) is 24.3 Å². The fraction of sp³-hybridized carbons (Fsp3) is 0.529. The molecule has 0 radical (unpaired) electrons. The monoisotopic (exact) mass is 318 g/mol. The first-order valence-corrected chi connectivity index (χ1v) is 8.15. The van der Waals surface area contributed by atoms with E-state index in [1.54, 1.807) is 0 Å². The number of anilines is 2. The van der Waals surface area contributed by atoms with Crippen LogP contribution in [0, 0.1) is 0 Å².